The summed E-state index contributed by atoms with van der Waals surface area (Å²) in [5.41, 5.74) is 1.57. The summed E-state index contributed by atoms with van der Waals surface area (Å²) < 4.78 is 15.7. The molecule has 0 radical (unpaired) electrons. The van der Waals surface area contributed by atoms with E-state index in [0.29, 0.717) is 25.1 Å². The third kappa shape index (κ3) is 7.81. The van der Waals surface area contributed by atoms with Crippen molar-refractivity contribution in [2.75, 3.05) is 18.6 Å². The SMILES string of the molecule is COC(=O)[C@H](CCCCNC(=O)OCc1ccccc1)C(=O)[C@H]1Cc2ccccc2N1C(=O)OC(C)(C)C. The van der Waals surface area contributed by atoms with E-state index < -0.39 is 41.5 Å². The lowest BCUT2D eigenvalue weighted by Crippen LogP contribution is -2.48. The molecule has 1 aliphatic rings. The molecule has 1 aliphatic heterocycles. The zero-order valence-corrected chi connectivity index (χ0v) is 22.4. The van der Waals surface area contributed by atoms with Gasteiger partial charge in [-0.15, -0.1) is 0 Å². The first-order valence-corrected chi connectivity index (χ1v) is 12.8. The van der Waals surface area contributed by atoms with Crippen molar-refractivity contribution in [3.8, 4) is 0 Å². The number of benzene rings is 2. The number of hydrogen-bond donors (Lipinski definition) is 1. The first-order chi connectivity index (χ1) is 18.1. The summed E-state index contributed by atoms with van der Waals surface area (Å²) in [6.07, 6.45) is 0.352. The smallest absolute Gasteiger partial charge is 0.415 e. The summed E-state index contributed by atoms with van der Waals surface area (Å²) in [5, 5.41) is 2.68. The normalized spacial score (nSPS) is 15.3. The van der Waals surface area contributed by atoms with Gasteiger partial charge in [0.1, 0.15) is 24.2 Å². The van der Waals surface area contributed by atoms with E-state index in [1.807, 2.05) is 42.5 Å². The van der Waals surface area contributed by atoms with E-state index in [1.165, 1.54) is 12.0 Å². The van der Waals surface area contributed by atoms with Crippen molar-refractivity contribution in [3.05, 3.63) is 65.7 Å². The van der Waals surface area contributed by atoms with Crippen LogP contribution < -0.4 is 10.2 Å². The second-order valence-electron chi connectivity index (χ2n) is 10.2. The number of esters is 1. The molecule has 0 unspecified atom stereocenters. The van der Waals surface area contributed by atoms with Gasteiger partial charge in [-0.3, -0.25) is 14.5 Å². The van der Waals surface area contributed by atoms with E-state index in [9.17, 15) is 19.2 Å². The number of ketones is 1. The second kappa shape index (κ2) is 13.1. The van der Waals surface area contributed by atoms with Gasteiger partial charge in [-0.25, -0.2) is 9.59 Å². The predicted molar refractivity (Wildman–Crippen MR) is 142 cm³/mol. The summed E-state index contributed by atoms with van der Waals surface area (Å²) in [6.45, 7) is 5.77. The van der Waals surface area contributed by atoms with Crippen molar-refractivity contribution in [1.82, 2.24) is 5.32 Å². The highest BCUT2D eigenvalue weighted by Gasteiger charge is 2.44. The number of unbranched alkanes of at least 4 members (excludes halogenated alkanes) is 1. The number of anilines is 1. The van der Waals surface area contributed by atoms with Crippen LogP contribution in [0.15, 0.2) is 54.6 Å². The highest BCUT2D eigenvalue weighted by Crippen LogP contribution is 2.35. The maximum atomic E-state index is 13.6. The largest absolute Gasteiger partial charge is 0.468 e. The van der Waals surface area contributed by atoms with E-state index in [4.69, 9.17) is 14.2 Å². The Morgan fingerprint density at radius 3 is 2.37 bits per heavy atom. The molecule has 2 amide bonds. The Kier molecular flexibility index (Phi) is 9.87. The number of ether oxygens (including phenoxy) is 3. The fourth-order valence-electron chi connectivity index (χ4n) is 4.34. The molecule has 9 heteroatoms. The van der Waals surface area contributed by atoms with Crippen LogP contribution in [-0.4, -0.2) is 49.2 Å². The highest BCUT2D eigenvalue weighted by molar-refractivity contribution is 6.08. The molecule has 0 aliphatic carbocycles. The molecular formula is C29H36N2O7. The monoisotopic (exact) mass is 524 g/mol. The number of alkyl carbamates (subject to hydrolysis) is 1. The summed E-state index contributed by atoms with van der Waals surface area (Å²) >= 11 is 0. The number of carbonyl (C=O) groups excluding carboxylic acids is 4. The van der Waals surface area contributed by atoms with Crippen LogP contribution in [0.1, 0.15) is 51.2 Å². The van der Waals surface area contributed by atoms with Crippen LogP contribution in [-0.2, 0) is 36.8 Å². The Balaban J connectivity index is 1.58. The molecule has 1 heterocycles. The molecule has 9 nitrogen and oxygen atoms in total. The van der Waals surface area contributed by atoms with E-state index >= 15 is 0 Å². The second-order valence-corrected chi connectivity index (χ2v) is 10.2. The number of amides is 2. The van der Waals surface area contributed by atoms with E-state index in [2.05, 4.69) is 5.32 Å². The van der Waals surface area contributed by atoms with E-state index in [0.717, 1.165) is 11.1 Å². The van der Waals surface area contributed by atoms with Crippen LogP contribution in [0.2, 0.25) is 0 Å². The van der Waals surface area contributed by atoms with Crippen molar-refractivity contribution in [1.29, 1.82) is 0 Å². The zero-order valence-electron chi connectivity index (χ0n) is 22.4. The number of carbonyl (C=O) groups is 4. The minimum atomic E-state index is -1.05. The first-order valence-electron chi connectivity index (χ1n) is 12.8. The van der Waals surface area contributed by atoms with Gasteiger partial charge >= 0.3 is 18.2 Å². The van der Waals surface area contributed by atoms with Crippen LogP contribution in [0.25, 0.3) is 0 Å². The third-order valence-corrected chi connectivity index (χ3v) is 6.13. The van der Waals surface area contributed by atoms with Gasteiger partial charge in [0, 0.05) is 13.0 Å². The van der Waals surface area contributed by atoms with Crippen molar-refractivity contribution < 1.29 is 33.4 Å². The fraction of sp³-hybridized carbons (Fsp3) is 0.448. The number of Topliss-reactive ketones (excluding diaryl/α,β-unsaturated/α-hetero) is 1. The Morgan fingerprint density at radius 1 is 1.00 bits per heavy atom. The predicted octanol–water partition coefficient (Wildman–Crippen LogP) is 4.81. The number of nitrogens with zero attached hydrogens (tertiary/aromatic N) is 1. The van der Waals surface area contributed by atoms with Gasteiger partial charge in [0.25, 0.3) is 0 Å². The zero-order chi connectivity index (χ0) is 27.7. The highest BCUT2D eigenvalue weighted by atomic mass is 16.6. The summed E-state index contributed by atoms with van der Waals surface area (Å²) in [7, 11) is 1.24. The quantitative estimate of drug-likeness (QED) is 0.206. The average molecular weight is 525 g/mol. The molecule has 2 atom stereocenters. The van der Waals surface area contributed by atoms with Crippen LogP contribution >= 0.6 is 0 Å². The molecule has 1 N–H and O–H groups in total. The van der Waals surface area contributed by atoms with Gasteiger partial charge in [-0.2, -0.15) is 0 Å². The van der Waals surface area contributed by atoms with Gasteiger partial charge in [0.2, 0.25) is 0 Å². The Morgan fingerprint density at radius 2 is 1.68 bits per heavy atom. The van der Waals surface area contributed by atoms with Crippen molar-refractivity contribution in [2.45, 2.75) is 64.7 Å². The molecular weight excluding hydrogens is 488 g/mol. The lowest BCUT2D eigenvalue weighted by Gasteiger charge is -2.29. The first kappa shape index (κ1) is 28.7. The Bertz CT molecular complexity index is 1130. The number of methoxy groups -OCH3 is 1. The van der Waals surface area contributed by atoms with Gasteiger partial charge in [0.15, 0.2) is 5.78 Å². The summed E-state index contributed by atoms with van der Waals surface area (Å²) in [4.78, 5) is 52.6. The molecule has 2 aromatic carbocycles. The molecule has 2 aromatic rings. The molecule has 0 bridgehead atoms. The minimum Gasteiger partial charge on any atom is -0.468 e. The molecule has 204 valence electrons. The number of rotatable bonds is 10. The maximum Gasteiger partial charge on any atom is 0.415 e. The van der Waals surface area contributed by atoms with E-state index in [-0.39, 0.29) is 19.4 Å². The fourth-order valence-corrected chi connectivity index (χ4v) is 4.34. The molecule has 3 rings (SSSR count). The molecule has 0 saturated carbocycles. The van der Waals surface area contributed by atoms with Crippen molar-refractivity contribution >= 4 is 29.6 Å². The molecule has 0 saturated heterocycles. The third-order valence-electron chi connectivity index (χ3n) is 6.13. The van der Waals surface area contributed by atoms with Gasteiger partial charge in [-0.1, -0.05) is 55.0 Å². The lowest BCUT2D eigenvalue weighted by atomic mass is 9.91. The van der Waals surface area contributed by atoms with E-state index in [1.54, 1.807) is 32.9 Å². The van der Waals surface area contributed by atoms with Crippen LogP contribution in [0.3, 0.4) is 0 Å². The summed E-state index contributed by atoms with van der Waals surface area (Å²) in [6, 6.07) is 15.7. The van der Waals surface area contributed by atoms with Crippen LogP contribution in [0.5, 0.6) is 0 Å². The molecule has 0 spiro atoms. The Labute approximate surface area is 223 Å². The number of fused-ring (bicyclic) bond motifs is 1. The molecule has 38 heavy (non-hydrogen) atoms. The van der Waals surface area contributed by atoms with Crippen LogP contribution in [0.4, 0.5) is 15.3 Å². The number of para-hydroxylation sites is 1. The average Bonchev–Trinajstić information content (AvgIpc) is 3.28. The van der Waals surface area contributed by atoms with Gasteiger partial charge in [0.05, 0.1) is 12.8 Å². The number of nitrogens with one attached hydrogen (secondary N) is 1. The molecule has 0 fully saturated rings. The van der Waals surface area contributed by atoms with Crippen molar-refractivity contribution in [3.63, 3.8) is 0 Å². The standard InChI is InChI=1S/C29H36N2O7/c1-29(2,3)38-28(35)31-23-16-9-8-14-21(23)18-24(31)25(32)22(26(33)36-4)15-10-11-17-30-27(34)37-19-20-12-6-5-7-13-20/h5-9,12-14,16,22,24H,10-11,15,17-19H2,1-4H3,(H,30,34)/t22-,24-/m1/s1. The maximum absolute atomic E-state index is 13.6. The van der Waals surface area contributed by atoms with Crippen LogP contribution in [0, 0.1) is 5.92 Å². The van der Waals surface area contributed by atoms with Gasteiger partial charge < -0.3 is 19.5 Å². The summed E-state index contributed by atoms with van der Waals surface area (Å²) in [5.74, 6) is -2.09. The minimum absolute atomic E-state index is 0.170. The Hall–Kier alpha value is -3.88. The topological polar surface area (TPSA) is 111 Å². The molecule has 0 aromatic heterocycles. The van der Waals surface area contributed by atoms with Crippen molar-refractivity contribution in [2.24, 2.45) is 5.92 Å². The van der Waals surface area contributed by atoms with Gasteiger partial charge in [-0.05, 0) is 50.8 Å². The number of hydrogen-bond acceptors (Lipinski definition) is 7. The lowest BCUT2D eigenvalue weighted by molar-refractivity contribution is -0.150.